The van der Waals surface area contributed by atoms with Gasteiger partial charge >= 0.3 is 0 Å². The molecule has 1 amide bonds. The van der Waals surface area contributed by atoms with E-state index in [-0.39, 0.29) is 11.8 Å². The maximum atomic E-state index is 11.5. The molecular weight excluding hydrogens is 268 g/mol. The van der Waals surface area contributed by atoms with Gasteiger partial charge < -0.3 is 5.32 Å². The molecule has 3 nitrogen and oxygen atoms in total. The van der Waals surface area contributed by atoms with Gasteiger partial charge in [0.1, 0.15) is 5.01 Å². The summed E-state index contributed by atoms with van der Waals surface area (Å²) in [5.74, 6) is 0.132. The van der Waals surface area contributed by atoms with Gasteiger partial charge in [0, 0.05) is 29.8 Å². The number of nitrogens with zero attached hydrogens (tertiary/aromatic N) is 1. The zero-order chi connectivity index (χ0) is 14.5. The molecule has 1 N–H and O–H groups in total. The van der Waals surface area contributed by atoms with E-state index in [0.29, 0.717) is 6.54 Å². The molecule has 0 bridgehead atoms. The molecule has 0 saturated heterocycles. The van der Waals surface area contributed by atoms with Crippen molar-refractivity contribution in [3.63, 3.8) is 0 Å². The Morgan fingerprint density at radius 1 is 1.40 bits per heavy atom. The molecule has 4 heteroatoms. The van der Waals surface area contributed by atoms with E-state index in [1.807, 2.05) is 13.8 Å². The lowest BCUT2D eigenvalue weighted by Gasteiger charge is -2.05. The van der Waals surface area contributed by atoms with E-state index >= 15 is 0 Å². The number of thiazole rings is 1. The molecule has 0 aliphatic rings. The maximum Gasteiger partial charge on any atom is 0.222 e. The molecule has 1 aromatic carbocycles. The summed E-state index contributed by atoms with van der Waals surface area (Å²) in [5, 5.41) is 6.02. The molecule has 2 aromatic rings. The summed E-state index contributed by atoms with van der Waals surface area (Å²) in [6.45, 7) is 6.52. The van der Waals surface area contributed by atoms with E-state index in [1.165, 1.54) is 5.56 Å². The lowest BCUT2D eigenvalue weighted by atomic mass is 10.1. The minimum atomic E-state index is 0.0355. The van der Waals surface area contributed by atoms with Crippen LogP contribution in [0.5, 0.6) is 0 Å². The van der Waals surface area contributed by atoms with E-state index in [2.05, 4.69) is 46.9 Å². The predicted octanol–water partition coefficient (Wildman–Crippen LogP) is 3.43. The Kier molecular flexibility index (Phi) is 4.90. The van der Waals surface area contributed by atoms with Crippen molar-refractivity contribution in [2.24, 2.45) is 5.92 Å². The fourth-order valence-corrected chi connectivity index (χ4v) is 2.70. The van der Waals surface area contributed by atoms with Crippen LogP contribution < -0.4 is 5.32 Å². The summed E-state index contributed by atoms with van der Waals surface area (Å²) in [6, 6.07) is 8.35. The Labute approximate surface area is 124 Å². The Morgan fingerprint density at radius 3 is 2.90 bits per heavy atom. The largest absolute Gasteiger partial charge is 0.355 e. The van der Waals surface area contributed by atoms with Crippen LogP contribution in [0.1, 0.15) is 25.1 Å². The van der Waals surface area contributed by atoms with Crippen LogP contribution in [-0.4, -0.2) is 17.4 Å². The molecule has 0 unspecified atom stereocenters. The number of aryl methyl sites for hydroxylation is 1. The lowest BCUT2D eigenvalue weighted by Crippen LogP contribution is -2.29. The van der Waals surface area contributed by atoms with Gasteiger partial charge in [-0.15, -0.1) is 11.3 Å². The van der Waals surface area contributed by atoms with Crippen molar-refractivity contribution in [1.29, 1.82) is 0 Å². The van der Waals surface area contributed by atoms with Gasteiger partial charge in [-0.25, -0.2) is 4.98 Å². The second kappa shape index (κ2) is 6.66. The summed E-state index contributed by atoms with van der Waals surface area (Å²) < 4.78 is 0. The van der Waals surface area contributed by atoms with E-state index < -0.39 is 0 Å². The summed E-state index contributed by atoms with van der Waals surface area (Å²) in [6.07, 6.45) is 0.779. The highest BCUT2D eigenvalue weighted by Crippen LogP contribution is 2.24. The van der Waals surface area contributed by atoms with Gasteiger partial charge in [-0.1, -0.05) is 37.6 Å². The molecule has 106 valence electrons. The van der Waals surface area contributed by atoms with Crippen LogP contribution >= 0.6 is 11.3 Å². The van der Waals surface area contributed by atoms with Crippen LogP contribution in [0.3, 0.4) is 0 Å². The van der Waals surface area contributed by atoms with Crippen molar-refractivity contribution in [2.75, 3.05) is 6.54 Å². The van der Waals surface area contributed by atoms with Gasteiger partial charge in [0.2, 0.25) is 5.91 Å². The number of rotatable bonds is 5. The monoisotopic (exact) mass is 288 g/mol. The topological polar surface area (TPSA) is 42.0 Å². The van der Waals surface area contributed by atoms with Crippen LogP contribution in [0.4, 0.5) is 0 Å². The first kappa shape index (κ1) is 14.7. The number of nitrogens with one attached hydrogen (secondary N) is 1. The van der Waals surface area contributed by atoms with E-state index in [1.54, 1.807) is 11.3 Å². The third kappa shape index (κ3) is 3.90. The molecule has 0 spiro atoms. The first-order valence-corrected chi connectivity index (χ1v) is 7.73. The molecule has 0 aliphatic heterocycles. The van der Waals surface area contributed by atoms with Gasteiger partial charge in [0.25, 0.3) is 0 Å². The number of hydrogen-bond acceptors (Lipinski definition) is 3. The van der Waals surface area contributed by atoms with Crippen molar-refractivity contribution in [1.82, 2.24) is 10.3 Å². The SMILES string of the molecule is Cc1cccc(-c2nc(CCNC(=O)C(C)C)cs2)c1. The van der Waals surface area contributed by atoms with Gasteiger partial charge in [0.05, 0.1) is 5.69 Å². The van der Waals surface area contributed by atoms with Crippen molar-refractivity contribution in [3.05, 3.63) is 40.9 Å². The number of aromatic nitrogens is 1. The molecule has 1 heterocycles. The Balaban J connectivity index is 1.94. The van der Waals surface area contributed by atoms with Crippen LogP contribution in [0.15, 0.2) is 29.6 Å². The molecule has 0 radical (unpaired) electrons. The first-order valence-electron chi connectivity index (χ1n) is 6.85. The van der Waals surface area contributed by atoms with Gasteiger partial charge in [0.15, 0.2) is 0 Å². The zero-order valence-corrected chi connectivity index (χ0v) is 13.0. The number of carbonyl (C=O) groups excluding carboxylic acids is 1. The normalized spacial score (nSPS) is 10.8. The summed E-state index contributed by atoms with van der Waals surface area (Å²) in [7, 11) is 0. The molecule has 1 aromatic heterocycles. The van der Waals surface area contributed by atoms with Crippen molar-refractivity contribution < 1.29 is 4.79 Å². The van der Waals surface area contributed by atoms with Crippen molar-refractivity contribution in [3.8, 4) is 10.6 Å². The quantitative estimate of drug-likeness (QED) is 0.916. The average Bonchev–Trinajstić information content (AvgIpc) is 2.87. The molecular formula is C16H20N2OS. The predicted molar refractivity (Wildman–Crippen MR) is 83.8 cm³/mol. The lowest BCUT2D eigenvalue weighted by molar-refractivity contribution is -0.123. The van der Waals surface area contributed by atoms with Crippen LogP contribution in [0.2, 0.25) is 0 Å². The highest BCUT2D eigenvalue weighted by atomic mass is 32.1. The molecule has 0 saturated carbocycles. The van der Waals surface area contributed by atoms with Gasteiger partial charge in [-0.05, 0) is 13.0 Å². The Hall–Kier alpha value is -1.68. The van der Waals surface area contributed by atoms with Crippen molar-refractivity contribution in [2.45, 2.75) is 27.2 Å². The number of amides is 1. The molecule has 0 aliphatic carbocycles. The Bertz CT molecular complexity index is 590. The third-order valence-corrected chi connectivity index (χ3v) is 3.96. The maximum absolute atomic E-state index is 11.5. The third-order valence-electron chi connectivity index (χ3n) is 3.02. The van der Waals surface area contributed by atoms with E-state index in [0.717, 1.165) is 22.7 Å². The number of carbonyl (C=O) groups is 1. The minimum Gasteiger partial charge on any atom is -0.355 e. The molecule has 20 heavy (non-hydrogen) atoms. The molecule has 0 atom stereocenters. The summed E-state index contributed by atoms with van der Waals surface area (Å²) in [5.41, 5.74) is 3.44. The van der Waals surface area contributed by atoms with Crippen molar-refractivity contribution >= 4 is 17.2 Å². The number of hydrogen-bond donors (Lipinski definition) is 1. The van der Waals surface area contributed by atoms with Gasteiger partial charge in [-0.3, -0.25) is 4.79 Å². The fraction of sp³-hybridized carbons (Fsp3) is 0.375. The summed E-state index contributed by atoms with van der Waals surface area (Å²) in [4.78, 5) is 16.1. The minimum absolute atomic E-state index is 0.0355. The van der Waals surface area contributed by atoms with Gasteiger partial charge in [-0.2, -0.15) is 0 Å². The summed E-state index contributed by atoms with van der Waals surface area (Å²) >= 11 is 1.65. The molecule has 0 fully saturated rings. The van der Waals surface area contributed by atoms with Crippen LogP contribution in [0.25, 0.3) is 10.6 Å². The van der Waals surface area contributed by atoms with Crippen LogP contribution in [-0.2, 0) is 11.2 Å². The standard InChI is InChI=1S/C16H20N2OS/c1-11(2)15(19)17-8-7-14-10-20-16(18-14)13-6-4-5-12(3)9-13/h4-6,9-11H,7-8H2,1-3H3,(H,17,19). The second-order valence-corrected chi connectivity index (χ2v) is 6.07. The Morgan fingerprint density at radius 2 is 2.20 bits per heavy atom. The fourth-order valence-electron chi connectivity index (χ4n) is 1.85. The molecule has 2 rings (SSSR count). The highest BCUT2D eigenvalue weighted by Gasteiger charge is 2.07. The van der Waals surface area contributed by atoms with E-state index in [4.69, 9.17) is 0 Å². The first-order chi connectivity index (χ1) is 9.56. The van der Waals surface area contributed by atoms with E-state index in [9.17, 15) is 4.79 Å². The van der Waals surface area contributed by atoms with Crippen LogP contribution in [0, 0.1) is 12.8 Å². The average molecular weight is 288 g/mol. The zero-order valence-electron chi connectivity index (χ0n) is 12.1. The number of benzene rings is 1. The smallest absolute Gasteiger partial charge is 0.222 e. The highest BCUT2D eigenvalue weighted by molar-refractivity contribution is 7.13. The second-order valence-electron chi connectivity index (χ2n) is 5.21.